The average molecular weight is 313 g/mol. The Labute approximate surface area is 134 Å². The molecule has 1 aromatic rings. The van der Waals surface area contributed by atoms with Gasteiger partial charge in [-0.15, -0.1) is 0 Å². The summed E-state index contributed by atoms with van der Waals surface area (Å²) in [7, 11) is 2.15. The van der Waals surface area contributed by atoms with Gasteiger partial charge in [-0.25, -0.2) is 0 Å². The maximum Gasteiger partial charge on any atom is 0.0590 e. The van der Waals surface area contributed by atoms with Crippen molar-refractivity contribution in [2.45, 2.75) is 32.7 Å². The first-order chi connectivity index (χ1) is 10.1. The molecule has 0 radical (unpaired) electrons. The molecule has 0 saturated heterocycles. The van der Waals surface area contributed by atoms with Gasteiger partial charge >= 0.3 is 0 Å². The van der Waals surface area contributed by atoms with Gasteiger partial charge in [-0.3, -0.25) is 4.90 Å². The second-order valence-corrected chi connectivity index (χ2v) is 5.86. The van der Waals surface area contributed by atoms with Crippen molar-refractivity contribution in [1.82, 2.24) is 10.2 Å². The summed E-state index contributed by atoms with van der Waals surface area (Å²) in [6.45, 7) is 9.00. The fourth-order valence-electron chi connectivity index (χ4n) is 2.06. The van der Waals surface area contributed by atoms with Crippen LogP contribution in [0.25, 0.3) is 0 Å². The predicted molar refractivity (Wildman–Crippen MR) is 91.1 cm³/mol. The van der Waals surface area contributed by atoms with E-state index in [9.17, 15) is 0 Å². The smallest absolute Gasteiger partial charge is 0.0590 e. The molecule has 0 aliphatic rings. The van der Waals surface area contributed by atoms with E-state index in [0.29, 0.717) is 6.04 Å². The summed E-state index contributed by atoms with van der Waals surface area (Å²) in [5.74, 6) is 0. The molecule has 1 atom stereocenters. The van der Waals surface area contributed by atoms with Crippen LogP contribution in [0.2, 0.25) is 5.02 Å². The van der Waals surface area contributed by atoms with Gasteiger partial charge in [-0.05, 0) is 38.1 Å². The van der Waals surface area contributed by atoms with E-state index in [4.69, 9.17) is 16.3 Å². The van der Waals surface area contributed by atoms with E-state index in [2.05, 4.69) is 43.2 Å². The Morgan fingerprint density at radius 3 is 2.57 bits per heavy atom. The van der Waals surface area contributed by atoms with Crippen molar-refractivity contribution in [3.63, 3.8) is 0 Å². The van der Waals surface area contributed by atoms with Crippen LogP contribution in [0.4, 0.5) is 0 Å². The zero-order valence-electron chi connectivity index (χ0n) is 13.6. The van der Waals surface area contributed by atoms with E-state index >= 15 is 0 Å². The standard InChI is InChI=1S/C17H29ClN2O/c1-4-5-13-21-14-11-19-10-12-20(3)15(2)16-6-8-17(18)9-7-16/h6-9,15,19H,4-5,10-14H2,1-3H3. The van der Waals surface area contributed by atoms with Gasteiger partial charge in [0.05, 0.1) is 6.61 Å². The Hall–Kier alpha value is -0.610. The molecule has 0 aliphatic carbocycles. The second-order valence-electron chi connectivity index (χ2n) is 5.42. The van der Waals surface area contributed by atoms with Crippen LogP contribution in [0.5, 0.6) is 0 Å². The van der Waals surface area contributed by atoms with Gasteiger partial charge in [0, 0.05) is 37.3 Å². The molecule has 1 N–H and O–H groups in total. The highest BCUT2D eigenvalue weighted by Crippen LogP contribution is 2.20. The second kappa shape index (κ2) is 11.0. The number of halogens is 1. The van der Waals surface area contributed by atoms with Crippen LogP contribution in [0.3, 0.4) is 0 Å². The van der Waals surface area contributed by atoms with Gasteiger partial charge in [0.15, 0.2) is 0 Å². The number of unbranched alkanes of at least 4 members (excludes halogenated alkanes) is 1. The molecule has 0 aliphatic heterocycles. The summed E-state index contributed by atoms with van der Waals surface area (Å²) in [5.41, 5.74) is 1.30. The van der Waals surface area contributed by atoms with Crippen molar-refractivity contribution < 1.29 is 4.74 Å². The molecule has 0 heterocycles. The maximum absolute atomic E-state index is 5.92. The molecule has 4 heteroatoms. The summed E-state index contributed by atoms with van der Waals surface area (Å²) in [5, 5.41) is 4.21. The molecule has 0 saturated carbocycles. The van der Waals surface area contributed by atoms with Crippen LogP contribution in [0, 0.1) is 0 Å². The normalized spacial score (nSPS) is 12.8. The lowest BCUT2D eigenvalue weighted by molar-refractivity contribution is 0.132. The lowest BCUT2D eigenvalue weighted by atomic mass is 10.1. The first-order valence-corrected chi connectivity index (χ1v) is 8.27. The molecule has 0 bridgehead atoms. The van der Waals surface area contributed by atoms with E-state index in [1.54, 1.807) is 0 Å². The largest absolute Gasteiger partial charge is 0.380 e. The first kappa shape index (κ1) is 18.4. The topological polar surface area (TPSA) is 24.5 Å². The molecule has 0 spiro atoms. The molecular weight excluding hydrogens is 284 g/mol. The fourth-order valence-corrected chi connectivity index (χ4v) is 2.19. The van der Waals surface area contributed by atoms with E-state index in [1.165, 1.54) is 12.0 Å². The first-order valence-electron chi connectivity index (χ1n) is 7.89. The van der Waals surface area contributed by atoms with Crippen molar-refractivity contribution in [3.8, 4) is 0 Å². The molecule has 1 unspecified atom stereocenters. The minimum Gasteiger partial charge on any atom is -0.380 e. The Morgan fingerprint density at radius 1 is 1.19 bits per heavy atom. The summed E-state index contributed by atoms with van der Waals surface area (Å²) >= 11 is 5.92. The van der Waals surface area contributed by atoms with Crippen molar-refractivity contribution in [2.24, 2.45) is 0 Å². The van der Waals surface area contributed by atoms with E-state index in [0.717, 1.165) is 44.3 Å². The van der Waals surface area contributed by atoms with Gasteiger partial charge in [0.1, 0.15) is 0 Å². The summed E-state index contributed by atoms with van der Waals surface area (Å²) < 4.78 is 5.52. The van der Waals surface area contributed by atoms with Crippen LogP contribution in [-0.2, 0) is 4.74 Å². The van der Waals surface area contributed by atoms with Crippen LogP contribution in [0.1, 0.15) is 38.3 Å². The predicted octanol–water partition coefficient (Wildman–Crippen LogP) is 3.74. The van der Waals surface area contributed by atoms with Crippen LogP contribution < -0.4 is 5.32 Å². The third-order valence-corrected chi connectivity index (χ3v) is 3.97. The number of ether oxygens (including phenoxy) is 1. The Bertz CT molecular complexity index is 370. The summed E-state index contributed by atoms with van der Waals surface area (Å²) in [6, 6.07) is 8.49. The van der Waals surface area contributed by atoms with Crippen LogP contribution in [-0.4, -0.2) is 44.8 Å². The van der Waals surface area contributed by atoms with E-state index in [-0.39, 0.29) is 0 Å². The summed E-state index contributed by atoms with van der Waals surface area (Å²) in [6.07, 6.45) is 2.35. The van der Waals surface area contributed by atoms with E-state index < -0.39 is 0 Å². The summed E-state index contributed by atoms with van der Waals surface area (Å²) in [4.78, 5) is 2.34. The maximum atomic E-state index is 5.92. The molecule has 0 aromatic heterocycles. The SMILES string of the molecule is CCCCOCCNCCN(C)C(C)c1ccc(Cl)cc1. The zero-order valence-corrected chi connectivity index (χ0v) is 14.3. The average Bonchev–Trinajstić information content (AvgIpc) is 2.49. The lowest BCUT2D eigenvalue weighted by Crippen LogP contribution is -2.32. The highest BCUT2D eigenvalue weighted by Gasteiger charge is 2.10. The van der Waals surface area contributed by atoms with Gasteiger partial charge in [0.2, 0.25) is 0 Å². The fraction of sp³-hybridized carbons (Fsp3) is 0.647. The third-order valence-electron chi connectivity index (χ3n) is 3.72. The molecule has 1 rings (SSSR count). The molecule has 0 amide bonds. The molecule has 21 heavy (non-hydrogen) atoms. The molecule has 120 valence electrons. The minimum absolute atomic E-state index is 0.393. The van der Waals surface area contributed by atoms with Gasteiger partial charge < -0.3 is 10.1 Å². The Balaban J connectivity index is 2.12. The van der Waals surface area contributed by atoms with Gasteiger partial charge in [-0.1, -0.05) is 37.1 Å². The van der Waals surface area contributed by atoms with Crippen molar-refractivity contribution in [2.75, 3.05) is 39.9 Å². The van der Waals surface area contributed by atoms with E-state index in [1.807, 2.05) is 12.1 Å². The monoisotopic (exact) mass is 312 g/mol. The number of hydrogen-bond acceptors (Lipinski definition) is 3. The lowest BCUT2D eigenvalue weighted by Gasteiger charge is -2.25. The molecule has 3 nitrogen and oxygen atoms in total. The van der Waals surface area contributed by atoms with Crippen LogP contribution in [0.15, 0.2) is 24.3 Å². The van der Waals surface area contributed by atoms with Crippen molar-refractivity contribution >= 4 is 11.6 Å². The third kappa shape index (κ3) is 7.82. The number of nitrogens with one attached hydrogen (secondary N) is 1. The number of rotatable bonds is 11. The van der Waals surface area contributed by atoms with Crippen molar-refractivity contribution in [3.05, 3.63) is 34.9 Å². The number of nitrogens with zero attached hydrogens (tertiary/aromatic N) is 1. The van der Waals surface area contributed by atoms with Gasteiger partial charge in [0.25, 0.3) is 0 Å². The molecular formula is C17H29ClN2O. The number of benzene rings is 1. The minimum atomic E-state index is 0.393. The van der Waals surface area contributed by atoms with Gasteiger partial charge in [-0.2, -0.15) is 0 Å². The zero-order chi connectivity index (χ0) is 15.5. The number of hydrogen-bond donors (Lipinski definition) is 1. The van der Waals surface area contributed by atoms with Crippen molar-refractivity contribution in [1.29, 1.82) is 0 Å². The Morgan fingerprint density at radius 2 is 1.90 bits per heavy atom. The number of likely N-dealkylation sites (N-methyl/N-ethyl adjacent to an activating group) is 1. The highest BCUT2D eigenvalue weighted by molar-refractivity contribution is 6.30. The Kier molecular flexibility index (Phi) is 9.68. The quantitative estimate of drug-likeness (QED) is 0.630. The van der Waals surface area contributed by atoms with Crippen LogP contribution >= 0.6 is 11.6 Å². The molecule has 1 aromatic carbocycles. The molecule has 0 fully saturated rings. The highest BCUT2D eigenvalue weighted by atomic mass is 35.5.